The zero-order chi connectivity index (χ0) is 18.0. The lowest BCUT2D eigenvalue weighted by atomic mass is 10.1. The third kappa shape index (κ3) is 4.26. The summed E-state index contributed by atoms with van der Waals surface area (Å²) in [4.78, 5) is 20.7. The lowest BCUT2D eigenvalue weighted by Crippen LogP contribution is -2.49. The van der Waals surface area contributed by atoms with Gasteiger partial charge in [0, 0.05) is 37.8 Å². The summed E-state index contributed by atoms with van der Waals surface area (Å²) in [5.74, 6) is -0.992. The van der Waals surface area contributed by atoms with E-state index in [4.69, 9.17) is 0 Å². The van der Waals surface area contributed by atoms with E-state index < -0.39 is 21.7 Å². The number of thiazole rings is 1. The van der Waals surface area contributed by atoms with Crippen LogP contribution in [-0.4, -0.2) is 56.6 Å². The van der Waals surface area contributed by atoms with Crippen LogP contribution in [0.2, 0.25) is 0 Å². The number of aromatic nitrogens is 1. The number of carbonyl (C=O) groups is 1. The number of halogens is 1. The van der Waals surface area contributed by atoms with Crippen LogP contribution in [0.25, 0.3) is 0 Å². The average Bonchev–Trinajstić information content (AvgIpc) is 3.09. The first-order chi connectivity index (χ1) is 11.8. The van der Waals surface area contributed by atoms with E-state index >= 15 is 0 Å². The Morgan fingerprint density at radius 1 is 1.28 bits per heavy atom. The first-order valence-corrected chi connectivity index (χ1v) is 10.3. The molecule has 0 radical (unpaired) electrons. The minimum atomic E-state index is -3.57. The molecule has 0 atom stereocenters. The van der Waals surface area contributed by atoms with Crippen LogP contribution in [0.4, 0.5) is 15.2 Å². The summed E-state index contributed by atoms with van der Waals surface area (Å²) in [6.45, 7) is 2.13. The van der Waals surface area contributed by atoms with Crippen LogP contribution in [0.5, 0.6) is 0 Å². The fraction of sp³-hybridized carbons (Fsp3) is 0.333. The van der Waals surface area contributed by atoms with Gasteiger partial charge in [-0.1, -0.05) is 0 Å². The molecule has 1 aliphatic heterocycles. The maximum atomic E-state index is 13.6. The average molecular weight is 384 g/mol. The van der Waals surface area contributed by atoms with Crippen molar-refractivity contribution in [3.05, 3.63) is 41.2 Å². The number of nitrogens with one attached hydrogen (secondary N) is 1. The van der Waals surface area contributed by atoms with Gasteiger partial charge < -0.3 is 9.80 Å². The van der Waals surface area contributed by atoms with Gasteiger partial charge in [-0.15, -0.1) is 11.3 Å². The molecule has 0 unspecified atom stereocenters. The summed E-state index contributed by atoms with van der Waals surface area (Å²) >= 11 is 1.53. The molecule has 134 valence electrons. The summed E-state index contributed by atoms with van der Waals surface area (Å²) in [5.41, 5.74) is 0.0874. The Bertz CT molecular complexity index is 863. The van der Waals surface area contributed by atoms with Gasteiger partial charge in [0.15, 0.2) is 5.13 Å². The molecule has 1 amide bonds. The van der Waals surface area contributed by atoms with Gasteiger partial charge in [0.05, 0.1) is 17.5 Å². The Balaban J connectivity index is 1.76. The molecule has 1 fully saturated rings. The highest BCUT2D eigenvalue weighted by atomic mass is 32.2. The Labute approximate surface area is 149 Å². The number of piperazine rings is 1. The number of rotatable bonds is 4. The molecular formula is C15H17FN4O3S2. The summed E-state index contributed by atoms with van der Waals surface area (Å²) in [6.07, 6.45) is 2.71. The van der Waals surface area contributed by atoms with E-state index in [0.29, 0.717) is 26.2 Å². The predicted molar refractivity (Wildman–Crippen MR) is 95.1 cm³/mol. The molecule has 0 bridgehead atoms. The van der Waals surface area contributed by atoms with Crippen molar-refractivity contribution in [2.24, 2.45) is 0 Å². The molecule has 10 heteroatoms. The third-order valence-corrected chi connectivity index (χ3v) is 5.19. The SMILES string of the molecule is CS(=O)(=O)Nc1ccc(F)cc1C(=O)N1CCN(c2nccs2)CC1. The van der Waals surface area contributed by atoms with Crippen molar-refractivity contribution < 1.29 is 17.6 Å². The second kappa shape index (κ2) is 6.96. The maximum Gasteiger partial charge on any atom is 0.256 e. The Morgan fingerprint density at radius 3 is 2.60 bits per heavy atom. The van der Waals surface area contributed by atoms with Crippen LogP contribution in [0.3, 0.4) is 0 Å². The second-order valence-corrected chi connectivity index (χ2v) is 8.28. The summed E-state index contributed by atoms with van der Waals surface area (Å²) < 4.78 is 38.8. The van der Waals surface area contributed by atoms with E-state index in [1.165, 1.54) is 17.4 Å². The third-order valence-electron chi connectivity index (χ3n) is 3.76. The van der Waals surface area contributed by atoms with Gasteiger partial charge in [0.1, 0.15) is 5.82 Å². The zero-order valence-corrected chi connectivity index (χ0v) is 15.1. The number of nitrogens with zero attached hydrogens (tertiary/aromatic N) is 3. The van der Waals surface area contributed by atoms with E-state index in [1.54, 1.807) is 11.1 Å². The minimum absolute atomic E-state index is 0.00752. The van der Waals surface area contributed by atoms with Gasteiger partial charge in [0.2, 0.25) is 10.0 Å². The lowest BCUT2D eigenvalue weighted by Gasteiger charge is -2.34. The van der Waals surface area contributed by atoms with E-state index in [-0.39, 0.29) is 11.3 Å². The summed E-state index contributed by atoms with van der Waals surface area (Å²) in [6, 6.07) is 3.43. The molecule has 3 rings (SSSR count). The largest absolute Gasteiger partial charge is 0.345 e. The van der Waals surface area contributed by atoms with Gasteiger partial charge in [-0.2, -0.15) is 0 Å². The van der Waals surface area contributed by atoms with Crippen LogP contribution >= 0.6 is 11.3 Å². The van der Waals surface area contributed by atoms with Crippen molar-refractivity contribution >= 4 is 38.1 Å². The fourth-order valence-corrected chi connectivity index (χ4v) is 3.90. The molecule has 0 saturated carbocycles. The predicted octanol–water partition coefficient (Wildman–Crippen LogP) is 1.62. The quantitative estimate of drug-likeness (QED) is 0.866. The van der Waals surface area contributed by atoms with Crippen LogP contribution in [0, 0.1) is 5.82 Å². The van der Waals surface area contributed by atoms with E-state index in [0.717, 1.165) is 23.5 Å². The Morgan fingerprint density at radius 2 is 2.00 bits per heavy atom. The molecule has 7 nitrogen and oxygen atoms in total. The molecule has 1 aliphatic rings. The van der Waals surface area contributed by atoms with E-state index in [1.807, 2.05) is 5.38 Å². The van der Waals surface area contributed by atoms with Crippen molar-refractivity contribution in [3.63, 3.8) is 0 Å². The molecule has 1 N–H and O–H groups in total. The number of sulfonamides is 1. The van der Waals surface area contributed by atoms with Gasteiger partial charge >= 0.3 is 0 Å². The van der Waals surface area contributed by atoms with Gasteiger partial charge in [-0.3, -0.25) is 9.52 Å². The molecule has 1 saturated heterocycles. The molecule has 2 heterocycles. The zero-order valence-electron chi connectivity index (χ0n) is 13.5. The highest BCUT2D eigenvalue weighted by molar-refractivity contribution is 7.92. The van der Waals surface area contributed by atoms with E-state index in [9.17, 15) is 17.6 Å². The van der Waals surface area contributed by atoms with Crippen LogP contribution in [-0.2, 0) is 10.0 Å². The van der Waals surface area contributed by atoms with Crippen LogP contribution in [0.1, 0.15) is 10.4 Å². The Hall–Kier alpha value is -2.20. The minimum Gasteiger partial charge on any atom is -0.345 e. The van der Waals surface area contributed by atoms with Gasteiger partial charge in [-0.05, 0) is 18.2 Å². The number of benzene rings is 1. The first kappa shape index (κ1) is 17.6. The van der Waals surface area contributed by atoms with Crippen molar-refractivity contribution in [2.75, 3.05) is 42.1 Å². The topological polar surface area (TPSA) is 82.6 Å². The maximum absolute atomic E-state index is 13.6. The van der Waals surface area contributed by atoms with Crippen molar-refractivity contribution in [1.29, 1.82) is 0 Å². The van der Waals surface area contributed by atoms with Crippen molar-refractivity contribution in [2.45, 2.75) is 0 Å². The first-order valence-electron chi connectivity index (χ1n) is 7.54. The highest BCUT2D eigenvalue weighted by Crippen LogP contribution is 2.23. The number of amides is 1. The van der Waals surface area contributed by atoms with Crippen LogP contribution < -0.4 is 9.62 Å². The standard InChI is InChI=1S/C15H17FN4O3S2/c1-25(22,23)18-13-3-2-11(16)10-12(13)14(21)19-5-7-20(8-6-19)15-17-4-9-24-15/h2-4,9-10,18H,5-8H2,1H3. The number of carbonyl (C=O) groups excluding carboxylic acids is 1. The summed E-state index contributed by atoms with van der Waals surface area (Å²) in [5, 5.41) is 2.79. The molecule has 0 spiro atoms. The number of hydrogen-bond donors (Lipinski definition) is 1. The molecular weight excluding hydrogens is 367 g/mol. The molecule has 1 aromatic carbocycles. The number of anilines is 2. The summed E-state index contributed by atoms with van der Waals surface area (Å²) in [7, 11) is -3.57. The van der Waals surface area contributed by atoms with Gasteiger partial charge in [-0.25, -0.2) is 17.8 Å². The fourth-order valence-electron chi connectivity index (χ4n) is 2.63. The van der Waals surface area contributed by atoms with Crippen LogP contribution in [0.15, 0.2) is 29.8 Å². The number of hydrogen-bond acceptors (Lipinski definition) is 6. The molecule has 0 aliphatic carbocycles. The molecule has 25 heavy (non-hydrogen) atoms. The van der Waals surface area contributed by atoms with Crippen molar-refractivity contribution in [1.82, 2.24) is 9.88 Å². The van der Waals surface area contributed by atoms with E-state index in [2.05, 4.69) is 14.6 Å². The van der Waals surface area contributed by atoms with Gasteiger partial charge in [0.25, 0.3) is 5.91 Å². The highest BCUT2D eigenvalue weighted by Gasteiger charge is 2.25. The van der Waals surface area contributed by atoms with Crippen molar-refractivity contribution in [3.8, 4) is 0 Å². The Kier molecular flexibility index (Phi) is 4.91. The molecule has 2 aromatic rings. The monoisotopic (exact) mass is 384 g/mol. The molecule has 1 aromatic heterocycles. The smallest absolute Gasteiger partial charge is 0.256 e. The lowest BCUT2D eigenvalue weighted by molar-refractivity contribution is 0.0747. The second-order valence-electron chi connectivity index (χ2n) is 5.66. The normalized spacial score (nSPS) is 15.3.